The van der Waals surface area contributed by atoms with E-state index in [1.54, 1.807) is 0 Å². The van der Waals surface area contributed by atoms with Crippen molar-refractivity contribution in [3.05, 3.63) is 35.9 Å². The molecule has 0 spiro atoms. The van der Waals surface area contributed by atoms with Gasteiger partial charge in [-0.15, -0.1) is 0 Å². The van der Waals surface area contributed by atoms with Gasteiger partial charge in [-0.2, -0.15) is 0 Å². The number of rotatable bonds is 4. The monoisotopic (exact) mass is 231 g/mol. The summed E-state index contributed by atoms with van der Waals surface area (Å²) >= 11 is 0. The average Bonchev–Trinajstić information content (AvgIpc) is 2.83. The van der Waals surface area contributed by atoms with Crippen molar-refractivity contribution in [2.24, 2.45) is 11.7 Å². The number of hydrogen-bond acceptors (Lipinski definition) is 1. The van der Waals surface area contributed by atoms with Crippen LogP contribution >= 0.6 is 0 Å². The van der Waals surface area contributed by atoms with Crippen LogP contribution in [0.2, 0.25) is 0 Å². The lowest BCUT2D eigenvalue weighted by molar-refractivity contribution is 0.332. The fourth-order valence-electron chi connectivity index (χ4n) is 2.98. The lowest BCUT2D eigenvalue weighted by Gasteiger charge is -2.34. The van der Waals surface area contributed by atoms with E-state index in [9.17, 15) is 0 Å². The second-order valence-electron chi connectivity index (χ2n) is 6.08. The molecule has 94 valence electrons. The van der Waals surface area contributed by atoms with Gasteiger partial charge in [0.25, 0.3) is 0 Å². The molecule has 1 aliphatic rings. The van der Waals surface area contributed by atoms with Crippen molar-refractivity contribution in [2.45, 2.75) is 57.4 Å². The van der Waals surface area contributed by atoms with Gasteiger partial charge >= 0.3 is 0 Å². The van der Waals surface area contributed by atoms with Gasteiger partial charge in [-0.05, 0) is 17.9 Å². The van der Waals surface area contributed by atoms with E-state index >= 15 is 0 Å². The van der Waals surface area contributed by atoms with Gasteiger partial charge in [-0.3, -0.25) is 0 Å². The van der Waals surface area contributed by atoms with Crippen LogP contribution in [0.1, 0.15) is 51.5 Å². The summed E-state index contributed by atoms with van der Waals surface area (Å²) in [7, 11) is 0. The summed E-state index contributed by atoms with van der Waals surface area (Å²) < 4.78 is 0. The molecule has 0 radical (unpaired) electrons. The van der Waals surface area contributed by atoms with Crippen LogP contribution in [0.4, 0.5) is 0 Å². The first-order valence-electron chi connectivity index (χ1n) is 6.92. The number of nitrogens with two attached hydrogens (primary N) is 1. The maximum atomic E-state index is 6.46. The zero-order chi connectivity index (χ0) is 12.3. The molecule has 0 bridgehead atoms. The summed E-state index contributed by atoms with van der Waals surface area (Å²) in [5, 5.41) is 0. The van der Waals surface area contributed by atoms with E-state index in [4.69, 9.17) is 5.73 Å². The molecule has 1 fully saturated rings. The number of hydrogen-bond donors (Lipinski definition) is 1. The highest BCUT2D eigenvalue weighted by Crippen LogP contribution is 2.34. The third-order valence-electron chi connectivity index (χ3n) is 4.51. The van der Waals surface area contributed by atoms with E-state index in [0.717, 1.165) is 5.92 Å². The highest BCUT2D eigenvalue weighted by molar-refractivity contribution is 5.25. The minimum atomic E-state index is 0.0872. The van der Waals surface area contributed by atoms with Crippen molar-refractivity contribution in [1.29, 1.82) is 0 Å². The van der Waals surface area contributed by atoms with E-state index in [1.807, 2.05) is 0 Å². The Morgan fingerprint density at radius 1 is 1.18 bits per heavy atom. The second kappa shape index (κ2) is 5.22. The fraction of sp³-hybridized carbons (Fsp3) is 0.625. The minimum absolute atomic E-state index is 0.0872. The van der Waals surface area contributed by atoms with Crippen molar-refractivity contribution in [1.82, 2.24) is 0 Å². The summed E-state index contributed by atoms with van der Waals surface area (Å²) in [6.07, 6.45) is 6.77. The first kappa shape index (κ1) is 12.6. The summed E-state index contributed by atoms with van der Waals surface area (Å²) in [6.45, 7) is 4.56. The van der Waals surface area contributed by atoms with E-state index in [0.29, 0.717) is 0 Å². The normalized spacial score (nSPS) is 19.5. The molecule has 1 atom stereocenters. The molecular formula is C16H25N. The Bertz CT molecular complexity index is 336. The maximum absolute atomic E-state index is 6.46. The van der Waals surface area contributed by atoms with Gasteiger partial charge in [0.2, 0.25) is 0 Å². The molecule has 17 heavy (non-hydrogen) atoms. The third-order valence-corrected chi connectivity index (χ3v) is 4.51. The van der Waals surface area contributed by atoms with Crippen molar-refractivity contribution < 1.29 is 0 Å². The van der Waals surface area contributed by atoms with Gasteiger partial charge in [0.15, 0.2) is 0 Å². The average molecular weight is 231 g/mol. The molecular weight excluding hydrogens is 206 g/mol. The van der Waals surface area contributed by atoms with Crippen LogP contribution < -0.4 is 5.73 Å². The first-order valence-corrected chi connectivity index (χ1v) is 6.92. The lowest BCUT2D eigenvalue weighted by atomic mass is 9.75. The van der Waals surface area contributed by atoms with Gasteiger partial charge in [0, 0.05) is 11.5 Å². The third kappa shape index (κ3) is 2.90. The summed E-state index contributed by atoms with van der Waals surface area (Å²) in [6, 6.07) is 11.0. The molecule has 2 rings (SSSR count). The molecule has 1 aromatic carbocycles. The summed E-state index contributed by atoms with van der Waals surface area (Å²) in [5.74, 6) is 0.869. The smallest absolute Gasteiger partial charge is 0.0134 e. The molecule has 1 saturated carbocycles. The molecule has 0 amide bonds. The first-order chi connectivity index (χ1) is 8.10. The molecule has 0 heterocycles. The Morgan fingerprint density at radius 2 is 1.76 bits per heavy atom. The van der Waals surface area contributed by atoms with Gasteiger partial charge in [0.05, 0.1) is 0 Å². The van der Waals surface area contributed by atoms with E-state index in [2.05, 4.69) is 44.2 Å². The zero-order valence-corrected chi connectivity index (χ0v) is 11.2. The molecule has 1 unspecified atom stereocenters. The molecule has 2 N–H and O–H groups in total. The molecule has 0 aliphatic heterocycles. The van der Waals surface area contributed by atoms with Crippen LogP contribution in [0, 0.1) is 5.92 Å². The molecule has 0 saturated heterocycles. The van der Waals surface area contributed by atoms with Gasteiger partial charge in [-0.1, -0.05) is 69.9 Å². The fourth-order valence-corrected chi connectivity index (χ4v) is 2.98. The van der Waals surface area contributed by atoms with Crippen LogP contribution in [0.3, 0.4) is 0 Å². The maximum Gasteiger partial charge on any atom is 0.0134 e. The van der Waals surface area contributed by atoms with Crippen LogP contribution in [-0.2, 0) is 5.41 Å². The van der Waals surface area contributed by atoms with Gasteiger partial charge in [0.1, 0.15) is 0 Å². The quantitative estimate of drug-likeness (QED) is 0.836. The molecule has 1 nitrogen and oxygen atoms in total. The molecule has 1 aromatic rings. The van der Waals surface area contributed by atoms with E-state index < -0.39 is 0 Å². The van der Waals surface area contributed by atoms with Crippen molar-refractivity contribution >= 4 is 0 Å². The Hall–Kier alpha value is -0.820. The topological polar surface area (TPSA) is 26.0 Å². The highest BCUT2D eigenvalue weighted by Gasteiger charge is 2.30. The van der Waals surface area contributed by atoms with Crippen LogP contribution in [0.15, 0.2) is 30.3 Å². The Labute approximate surface area is 105 Å². The Balaban J connectivity index is 2.03. The zero-order valence-electron chi connectivity index (χ0n) is 11.2. The Morgan fingerprint density at radius 3 is 2.35 bits per heavy atom. The highest BCUT2D eigenvalue weighted by atomic mass is 14.7. The van der Waals surface area contributed by atoms with Gasteiger partial charge < -0.3 is 5.73 Å². The predicted molar refractivity (Wildman–Crippen MR) is 74.0 cm³/mol. The van der Waals surface area contributed by atoms with Crippen molar-refractivity contribution in [3.8, 4) is 0 Å². The van der Waals surface area contributed by atoms with Crippen molar-refractivity contribution in [3.63, 3.8) is 0 Å². The lowest BCUT2D eigenvalue weighted by Crippen LogP contribution is -2.42. The van der Waals surface area contributed by atoms with Crippen LogP contribution in [0.25, 0.3) is 0 Å². The van der Waals surface area contributed by atoms with Crippen LogP contribution in [-0.4, -0.2) is 6.04 Å². The van der Waals surface area contributed by atoms with Crippen molar-refractivity contribution in [2.75, 3.05) is 0 Å². The predicted octanol–water partition coefficient (Wildman–Crippen LogP) is 3.87. The molecule has 0 aromatic heterocycles. The standard InChI is InChI=1S/C16H25N/c1-16(2,14-10-4-3-5-11-14)15(17)12-13-8-6-7-9-13/h3-5,10-11,13,15H,6-9,12,17H2,1-2H3. The Kier molecular flexibility index (Phi) is 3.88. The summed E-state index contributed by atoms with van der Waals surface area (Å²) in [4.78, 5) is 0. The minimum Gasteiger partial charge on any atom is -0.327 e. The molecule has 1 heteroatoms. The summed E-state index contributed by atoms with van der Waals surface area (Å²) in [5.41, 5.74) is 7.92. The van der Waals surface area contributed by atoms with Gasteiger partial charge in [-0.25, -0.2) is 0 Å². The SMILES string of the molecule is CC(C)(c1ccccc1)C(N)CC1CCCC1. The number of benzene rings is 1. The van der Waals surface area contributed by atoms with E-state index in [-0.39, 0.29) is 11.5 Å². The van der Waals surface area contributed by atoms with Crippen LogP contribution in [0.5, 0.6) is 0 Å². The second-order valence-corrected chi connectivity index (χ2v) is 6.08. The van der Waals surface area contributed by atoms with E-state index in [1.165, 1.54) is 37.7 Å². The largest absolute Gasteiger partial charge is 0.327 e. The molecule has 1 aliphatic carbocycles.